The fourth-order valence-corrected chi connectivity index (χ4v) is 1.01. The van der Waals surface area contributed by atoms with Gasteiger partial charge in [0.1, 0.15) is 5.75 Å². The number of ether oxygens (including phenoxy) is 1. The molecule has 0 bridgehead atoms. The van der Waals surface area contributed by atoms with E-state index in [4.69, 9.17) is 16.2 Å². The first-order valence-electron chi connectivity index (χ1n) is 4.09. The van der Waals surface area contributed by atoms with Gasteiger partial charge in [-0.3, -0.25) is 4.79 Å². The van der Waals surface area contributed by atoms with E-state index >= 15 is 0 Å². The lowest BCUT2D eigenvalue weighted by atomic mass is 10.2. The van der Waals surface area contributed by atoms with Gasteiger partial charge in [-0.2, -0.15) is 0 Å². The van der Waals surface area contributed by atoms with Crippen molar-refractivity contribution in [1.82, 2.24) is 0 Å². The molecule has 14 heavy (non-hydrogen) atoms. The van der Waals surface area contributed by atoms with Gasteiger partial charge < -0.3 is 21.5 Å². The number of carbonyl (C=O) groups excluding carboxylic acids is 1. The number of benzene rings is 1. The van der Waals surface area contributed by atoms with Crippen LogP contribution in [0.1, 0.15) is 0 Å². The Kier molecular flexibility index (Phi) is 3.17. The molecule has 0 radical (unpaired) electrons. The number of methoxy groups -OCH3 is 1. The van der Waals surface area contributed by atoms with E-state index in [0.29, 0.717) is 11.4 Å². The van der Waals surface area contributed by atoms with Crippen molar-refractivity contribution in [2.24, 2.45) is 5.73 Å². The summed E-state index contributed by atoms with van der Waals surface area (Å²) in [6.45, 7) is 0.0903. The molecule has 5 heteroatoms. The van der Waals surface area contributed by atoms with Gasteiger partial charge in [-0.05, 0) is 12.1 Å². The first-order valence-corrected chi connectivity index (χ1v) is 4.09. The van der Waals surface area contributed by atoms with Crippen LogP contribution in [0, 0.1) is 0 Å². The molecule has 5 nitrogen and oxygen atoms in total. The molecule has 0 atom stereocenters. The number of nitrogens with two attached hydrogens (primary N) is 2. The summed E-state index contributed by atoms with van der Waals surface area (Å²) in [5.41, 5.74) is 11.9. The fraction of sp³-hybridized carbons (Fsp3) is 0.222. The van der Waals surface area contributed by atoms with Gasteiger partial charge in [0.05, 0.1) is 19.3 Å². The minimum Gasteiger partial charge on any atom is -0.495 e. The average molecular weight is 195 g/mol. The second-order valence-electron chi connectivity index (χ2n) is 2.78. The van der Waals surface area contributed by atoms with Crippen LogP contribution in [-0.4, -0.2) is 19.6 Å². The highest BCUT2D eigenvalue weighted by Gasteiger charge is 2.01. The van der Waals surface area contributed by atoms with E-state index in [0.717, 1.165) is 5.69 Å². The maximum absolute atomic E-state index is 10.5. The fourth-order valence-electron chi connectivity index (χ4n) is 1.01. The van der Waals surface area contributed by atoms with Crippen LogP contribution < -0.4 is 21.5 Å². The van der Waals surface area contributed by atoms with Crippen LogP contribution in [0.3, 0.4) is 0 Å². The molecule has 0 fully saturated rings. The maximum atomic E-state index is 10.5. The van der Waals surface area contributed by atoms with Crippen LogP contribution in [0.5, 0.6) is 5.75 Å². The number of nitrogen functional groups attached to an aromatic ring is 1. The number of rotatable bonds is 4. The van der Waals surface area contributed by atoms with Crippen LogP contribution in [0.25, 0.3) is 0 Å². The second kappa shape index (κ2) is 4.36. The van der Waals surface area contributed by atoms with Crippen molar-refractivity contribution in [2.75, 3.05) is 24.7 Å². The number of hydrogen-bond donors (Lipinski definition) is 3. The third-order valence-electron chi connectivity index (χ3n) is 1.70. The Morgan fingerprint density at radius 1 is 1.57 bits per heavy atom. The molecule has 0 heterocycles. The molecule has 0 saturated carbocycles. The van der Waals surface area contributed by atoms with E-state index in [1.54, 1.807) is 18.2 Å². The van der Waals surface area contributed by atoms with Gasteiger partial charge in [-0.1, -0.05) is 0 Å². The quantitative estimate of drug-likeness (QED) is 0.597. The SMILES string of the molecule is COc1cc(NCC(N)=O)ccc1N. The van der Waals surface area contributed by atoms with Gasteiger partial charge >= 0.3 is 0 Å². The molecule has 1 rings (SSSR count). The van der Waals surface area contributed by atoms with Gasteiger partial charge in [0, 0.05) is 11.8 Å². The Labute approximate surface area is 82.0 Å². The molecule has 1 aromatic rings. The normalized spacial score (nSPS) is 9.50. The topological polar surface area (TPSA) is 90.4 Å². The third-order valence-corrected chi connectivity index (χ3v) is 1.70. The summed E-state index contributed by atoms with van der Waals surface area (Å²) in [7, 11) is 1.53. The highest BCUT2D eigenvalue weighted by molar-refractivity contribution is 5.79. The molecule has 1 aromatic carbocycles. The van der Waals surface area contributed by atoms with E-state index in [1.165, 1.54) is 7.11 Å². The van der Waals surface area contributed by atoms with Crippen LogP contribution >= 0.6 is 0 Å². The lowest BCUT2D eigenvalue weighted by molar-refractivity contribution is -0.116. The van der Waals surface area contributed by atoms with Crippen molar-refractivity contribution in [3.05, 3.63) is 18.2 Å². The van der Waals surface area contributed by atoms with Gasteiger partial charge in [-0.25, -0.2) is 0 Å². The van der Waals surface area contributed by atoms with E-state index in [9.17, 15) is 4.79 Å². The number of anilines is 2. The third kappa shape index (κ3) is 2.55. The van der Waals surface area contributed by atoms with Crippen molar-refractivity contribution in [2.45, 2.75) is 0 Å². The van der Waals surface area contributed by atoms with Crippen molar-refractivity contribution >= 4 is 17.3 Å². The number of carbonyl (C=O) groups is 1. The molecule has 1 amide bonds. The largest absolute Gasteiger partial charge is 0.495 e. The van der Waals surface area contributed by atoms with Crippen LogP contribution in [0.4, 0.5) is 11.4 Å². The Hall–Kier alpha value is -1.91. The van der Waals surface area contributed by atoms with Crippen LogP contribution in [0.2, 0.25) is 0 Å². The molecule has 0 spiro atoms. The molecular formula is C9H13N3O2. The van der Waals surface area contributed by atoms with Crippen molar-refractivity contribution in [3.63, 3.8) is 0 Å². The van der Waals surface area contributed by atoms with E-state index in [1.807, 2.05) is 0 Å². The van der Waals surface area contributed by atoms with Gasteiger partial charge in [0.15, 0.2) is 0 Å². The van der Waals surface area contributed by atoms with Crippen molar-refractivity contribution in [3.8, 4) is 5.75 Å². The molecule has 0 aliphatic heterocycles. The van der Waals surface area contributed by atoms with E-state index < -0.39 is 5.91 Å². The summed E-state index contributed by atoms with van der Waals surface area (Å²) < 4.78 is 5.01. The summed E-state index contributed by atoms with van der Waals surface area (Å²) in [4.78, 5) is 10.5. The van der Waals surface area contributed by atoms with Crippen LogP contribution in [-0.2, 0) is 4.79 Å². The lowest BCUT2D eigenvalue weighted by Crippen LogP contribution is -2.21. The number of amides is 1. The summed E-state index contributed by atoms with van der Waals surface area (Å²) in [6, 6.07) is 5.15. The Morgan fingerprint density at radius 3 is 2.86 bits per heavy atom. The molecule has 5 N–H and O–H groups in total. The van der Waals surface area contributed by atoms with Gasteiger partial charge in [-0.15, -0.1) is 0 Å². The predicted octanol–water partition coefficient (Wildman–Crippen LogP) is 0.175. The molecule has 0 unspecified atom stereocenters. The molecule has 0 aromatic heterocycles. The molecule has 76 valence electrons. The molecule has 0 aliphatic carbocycles. The number of primary amides is 1. The lowest BCUT2D eigenvalue weighted by Gasteiger charge is -2.08. The Morgan fingerprint density at radius 2 is 2.29 bits per heavy atom. The maximum Gasteiger partial charge on any atom is 0.236 e. The Balaban J connectivity index is 2.74. The molecule has 0 aliphatic rings. The summed E-state index contributed by atoms with van der Waals surface area (Å²) in [5.74, 6) is 0.153. The Bertz CT molecular complexity index is 339. The monoisotopic (exact) mass is 195 g/mol. The predicted molar refractivity (Wildman–Crippen MR) is 55.1 cm³/mol. The molecule has 0 saturated heterocycles. The first kappa shape index (κ1) is 10.2. The zero-order chi connectivity index (χ0) is 10.6. The number of nitrogens with one attached hydrogen (secondary N) is 1. The van der Waals surface area contributed by atoms with E-state index in [2.05, 4.69) is 5.32 Å². The molecular weight excluding hydrogens is 182 g/mol. The first-order chi connectivity index (χ1) is 6.63. The number of hydrogen-bond acceptors (Lipinski definition) is 4. The van der Waals surface area contributed by atoms with E-state index in [-0.39, 0.29) is 6.54 Å². The highest BCUT2D eigenvalue weighted by Crippen LogP contribution is 2.24. The zero-order valence-corrected chi connectivity index (χ0v) is 7.91. The highest BCUT2D eigenvalue weighted by atomic mass is 16.5. The standard InChI is InChI=1S/C9H13N3O2/c1-14-8-4-6(2-3-7(8)10)12-5-9(11)13/h2-4,12H,5,10H2,1H3,(H2,11,13). The van der Waals surface area contributed by atoms with Gasteiger partial charge in [0.2, 0.25) is 5.91 Å². The van der Waals surface area contributed by atoms with Crippen molar-refractivity contribution < 1.29 is 9.53 Å². The van der Waals surface area contributed by atoms with Crippen molar-refractivity contribution in [1.29, 1.82) is 0 Å². The summed E-state index contributed by atoms with van der Waals surface area (Å²) in [6.07, 6.45) is 0. The minimum atomic E-state index is -0.416. The second-order valence-corrected chi connectivity index (χ2v) is 2.78. The van der Waals surface area contributed by atoms with Gasteiger partial charge in [0.25, 0.3) is 0 Å². The minimum absolute atomic E-state index is 0.0903. The summed E-state index contributed by atoms with van der Waals surface area (Å²) in [5, 5.41) is 2.84. The summed E-state index contributed by atoms with van der Waals surface area (Å²) >= 11 is 0. The smallest absolute Gasteiger partial charge is 0.236 e. The zero-order valence-electron chi connectivity index (χ0n) is 7.91. The van der Waals surface area contributed by atoms with Crippen LogP contribution in [0.15, 0.2) is 18.2 Å². The average Bonchev–Trinajstić information content (AvgIpc) is 2.16.